The van der Waals surface area contributed by atoms with Crippen LogP contribution in [0.15, 0.2) is 53.6 Å². The Hall–Kier alpha value is -2.11. The Kier molecular flexibility index (Phi) is 4.00. The molecule has 120 valence electrons. The van der Waals surface area contributed by atoms with Crippen LogP contribution in [0.1, 0.15) is 29.5 Å². The lowest BCUT2D eigenvalue weighted by molar-refractivity contribution is 0.594. The van der Waals surface area contributed by atoms with Gasteiger partial charge in [0.25, 0.3) is 0 Å². The number of hydrogen-bond acceptors (Lipinski definition) is 2. The van der Waals surface area contributed by atoms with E-state index in [-0.39, 0.29) is 10.8 Å². The first-order valence-corrected chi connectivity index (χ1v) is 9.10. The summed E-state index contributed by atoms with van der Waals surface area (Å²) in [5.41, 5.74) is 4.02. The molecule has 23 heavy (non-hydrogen) atoms. The molecule has 1 heterocycles. The van der Waals surface area contributed by atoms with Crippen LogP contribution >= 0.6 is 0 Å². The number of H-pyrrole nitrogens is 1. The zero-order valence-electron chi connectivity index (χ0n) is 13.2. The number of sulfonamides is 1. The molecule has 4 nitrogen and oxygen atoms in total. The number of nitrogens with one attached hydrogen (secondary N) is 1. The van der Waals surface area contributed by atoms with E-state index in [0.29, 0.717) is 0 Å². The maximum absolute atomic E-state index is 11.9. The second-order valence-electron chi connectivity index (χ2n) is 6.00. The summed E-state index contributed by atoms with van der Waals surface area (Å²) in [5, 5.41) is 6.57. The normalized spacial score (nSPS) is 13.3. The number of rotatable bonds is 4. The summed E-state index contributed by atoms with van der Waals surface area (Å²) in [4.78, 5) is 3.49. The highest BCUT2D eigenvalue weighted by Crippen LogP contribution is 2.31. The van der Waals surface area contributed by atoms with Crippen molar-refractivity contribution in [3.63, 3.8) is 0 Å². The molecule has 1 aromatic heterocycles. The van der Waals surface area contributed by atoms with Crippen molar-refractivity contribution in [3.8, 4) is 0 Å². The lowest BCUT2D eigenvalue weighted by Gasteiger charge is -2.18. The zero-order valence-corrected chi connectivity index (χ0v) is 14.0. The summed E-state index contributed by atoms with van der Waals surface area (Å²) in [6, 6.07) is 13.4. The molecule has 5 heteroatoms. The molecule has 0 amide bonds. The van der Waals surface area contributed by atoms with E-state index < -0.39 is 10.0 Å². The molecular formula is C18H20N2O2S. The van der Waals surface area contributed by atoms with E-state index in [9.17, 15) is 8.42 Å². The number of benzene rings is 2. The minimum atomic E-state index is -3.73. The predicted octanol–water partition coefficient (Wildman–Crippen LogP) is 3.47. The Morgan fingerprint density at radius 3 is 2.61 bits per heavy atom. The highest BCUT2D eigenvalue weighted by molar-refractivity contribution is 7.89. The van der Waals surface area contributed by atoms with Gasteiger partial charge < -0.3 is 4.98 Å². The maximum atomic E-state index is 11.9. The van der Waals surface area contributed by atoms with Gasteiger partial charge in [0.15, 0.2) is 0 Å². The molecule has 1 atom stereocenters. The Labute approximate surface area is 136 Å². The number of primary sulfonamides is 1. The number of aryl methyl sites for hydroxylation is 1. The summed E-state index contributed by atoms with van der Waals surface area (Å²) in [6.07, 6.45) is 2.74. The van der Waals surface area contributed by atoms with Gasteiger partial charge in [-0.1, -0.05) is 37.3 Å². The molecule has 0 radical (unpaired) electrons. The molecule has 3 aromatic rings. The van der Waals surface area contributed by atoms with E-state index in [0.717, 1.165) is 23.1 Å². The summed E-state index contributed by atoms with van der Waals surface area (Å²) >= 11 is 0. The maximum Gasteiger partial charge on any atom is 0.238 e. The first kappa shape index (κ1) is 15.8. The Morgan fingerprint density at radius 2 is 1.87 bits per heavy atom. The van der Waals surface area contributed by atoms with Crippen LogP contribution in [0, 0.1) is 6.92 Å². The highest BCUT2D eigenvalue weighted by Gasteiger charge is 2.21. The van der Waals surface area contributed by atoms with Gasteiger partial charge in [0, 0.05) is 17.1 Å². The van der Waals surface area contributed by atoms with E-state index in [1.807, 2.05) is 44.3 Å². The molecule has 2 aromatic carbocycles. The van der Waals surface area contributed by atoms with Crippen molar-refractivity contribution in [2.75, 3.05) is 0 Å². The summed E-state index contributed by atoms with van der Waals surface area (Å²) in [6.45, 7) is 3.97. The third-order valence-electron chi connectivity index (χ3n) is 4.28. The van der Waals surface area contributed by atoms with Gasteiger partial charge in [0.2, 0.25) is 10.0 Å². The summed E-state index contributed by atoms with van der Waals surface area (Å²) in [7, 11) is -3.73. The Balaban J connectivity index is 2.03. The fraction of sp³-hybridized carbons (Fsp3) is 0.222. The third kappa shape index (κ3) is 3.02. The average molecular weight is 328 g/mol. The van der Waals surface area contributed by atoms with Crippen LogP contribution in [0.3, 0.4) is 0 Å². The number of fused-ring (bicyclic) bond motifs is 1. The summed E-state index contributed by atoms with van der Waals surface area (Å²) < 4.78 is 23.8. The fourth-order valence-corrected chi connectivity index (χ4v) is 4.20. The highest BCUT2D eigenvalue weighted by atomic mass is 32.2. The molecule has 1 unspecified atom stereocenters. The van der Waals surface area contributed by atoms with Gasteiger partial charge in [-0.2, -0.15) is 0 Å². The van der Waals surface area contributed by atoms with Gasteiger partial charge in [-0.15, -0.1) is 0 Å². The van der Waals surface area contributed by atoms with Gasteiger partial charge in [-0.05, 0) is 48.1 Å². The van der Waals surface area contributed by atoms with Crippen molar-refractivity contribution < 1.29 is 8.42 Å². The molecular weight excluding hydrogens is 308 g/mol. The van der Waals surface area contributed by atoms with E-state index in [1.54, 1.807) is 12.1 Å². The third-order valence-corrected chi connectivity index (χ3v) is 5.25. The van der Waals surface area contributed by atoms with Crippen LogP contribution < -0.4 is 5.14 Å². The van der Waals surface area contributed by atoms with Crippen molar-refractivity contribution >= 4 is 20.9 Å². The van der Waals surface area contributed by atoms with Gasteiger partial charge in [0.05, 0.1) is 4.90 Å². The molecule has 0 fully saturated rings. The van der Waals surface area contributed by atoms with Gasteiger partial charge >= 0.3 is 0 Å². The van der Waals surface area contributed by atoms with Crippen LogP contribution in [-0.2, 0) is 16.4 Å². The Bertz CT molecular complexity index is 958. The minimum absolute atomic E-state index is 0.0451. The lowest BCUT2D eigenvalue weighted by Crippen LogP contribution is -2.17. The molecule has 3 N–H and O–H groups in total. The quantitative estimate of drug-likeness (QED) is 0.769. The van der Waals surface area contributed by atoms with Gasteiger partial charge in [-0.3, -0.25) is 0 Å². The number of aromatic amines is 1. The second-order valence-corrected chi connectivity index (χ2v) is 7.53. The zero-order chi connectivity index (χ0) is 16.6. The number of aromatic nitrogens is 1. The van der Waals surface area contributed by atoms with E-state index in [4.69, 9.17) is 5.14 Å². The van der Waals surface area contributed by atoms with Crippen LogP contribution in [-0.4, -0.2) is 13.4 Å². The number of hydrogen-bond donors (Lipinski definition) is 2. The molecule has 0 spiro atoms. The topological polar surface area (TPSA) is 76.0 Å². The predicted molar refractivity (Wildman–Crippen MR) is 93.0 cm³/mol. The van der Waals surface area contributed by atoms with E-state index in [1.165, 1.54) is 10.9 Å². The summed E-state index contributed by atoms with van der Waals surface area (Å²) in [5.74, 6) is 0.0451. The van der Waals surface area contributed by atoms with E-state index in [2.05, 4.69) is 11.1 Å². The molecule has 0 aliphatic rings. The van der Waals surface area contributed by atoms with Crippen molar-refractivity contribution in [3.05, 3.63) is 65.4 Å². The van der Waals surface area contributed by atoms with Gasteiger partial charge in [0.1, 0.15) is 0 Å². The number of nitrogens with two attached hydrogens (primary N) is 1. The Morgan fingerprint density at radius 1 is 1.13 bits per heavy atom. The first-order chi connectivity index (χ1) is 10.9. The fourth-order valence-electron chi connectivity index (χ4n) is 3.27. The molecule has 0 saturated carbocycles. The molecule has 0 aliphatic carbocycles. The van der Waals surface area contributed by atoms with Crippen LogP contribution in [0.4, 0.5) is 0 Å². The lowest BCUT2D eigenvalue weighted by atomic mass is 9.90. The molecule has 0 saturated heterocycles. The van der Waals surface area contributed by atoms with Crippen LogP contribution in [0.5, 0.6) is 0 Å². The van der Waals surface area contributed by atoms with Crippen LogP contribution in [0.25, 0.3) is 10.9 Å². The molecule has 0 aliphatic heterocycles. The molecule has 3 rings (SSSR count). The molecule has 0 bridgehead atoms. The van der Waals surface area contributed by atoms with Crippen LogP contribution in [0.2, 0.25) is 0 Å². The smallest absolute Gasteiger partial charge is 0.238 e. The standard InChI is InChI=1S/C18H20N2O2S/c1-12-6-5-9-17(23(19,21)22)18(12)13(2)10-14-11-20-16-8-4-3-7-15(14)16/h3-9,11,13,20H,10H2,1-2H3,(H2,19,21,22). The largest absolute Gasteiger partial charge is 0.361 e. The van der Waals surface area contributed by atoms with E-state index >= 15 is 0 Å². The first-order valence-electron chi connectivity index (χ1n) is 7.55. The van der Waals surface area contributed by atoms with Gasteiger partial charge in [-0.25, -0.2) is 13.6 Å². The van der Waals surface area contributed by atoms with Crippen molar-refractivity contribution in [1.82, 2.24) is 4.98 Å². The van der Waals surface area contributed by atoms with Crippen molar-refractivity contribution in [2.24, 2.45) is 5.14 Å². The number of para-hydroxylation sites is 1. The average Bonchev–Trinajstić information content (AvgIpc) is 2.89. The van der Waals surface area contributed by atoms with Crippen molar-refractivity contribution in [1.29, 1.82) is 0 Å². The minimum Gasteiger partial charge on any atom is -0.361 e. The monoisotopic (exact) mass is 328 g/mol. The second kappa shape index (κ2) is 5.83. The van der Waals surface area contributed by atoms with Crippen molar-refractivity contribution in [2.45, 2.75) is 31.1 Å². The SMILES string of the molecule is Cc1cccc(S(N)(=O)=O)c1C(C)Cc1c[nH]c2ccccc12.